The van der Waals surface area contributed by atoms with E-state index in [9.17, 15) is 9.18 Å². The molecule has 1 N–H and O–H groups in total. The van der Waals surface area contributed by atoms with Gasteiger partial charge in [-0.3, -0.25) is 9.69 Å². The third kappa shape index (κ3) is 4.90. The van der Waals surface area contributed by atoms with Gasteiger partial charge in [0, 0.05) is 31.6 Å². The fourth-order valence-electron chi connectivity index (χ4n) is 2.23. The lowest BCUT2D eigenvalue weighted by atomic mass is 9.92. The van der Waals surface area contributed by atoms with Gasteiger partial charge in [0.05, 0.1) is 6.42 Å². The summed E-state index contributed by atoms with van der Waals surface area (Å²) in [5.41, 5.74) is 0. The van der Waals surface area contributed by atoms with Crippen LogP contribution in [0.4, 0.5) is 4.39 Å². The van der Waals surface area contributed by atoms with E-state index in [-0.39, 0.29) is 12.3 Å². The molecular formula is C13H25FN2O2. The number of carboxylic acids is 1. The summed E-state index contributed by atoms with van der Waals surface area (Å²) in [5.74, 6) is -1.20. The number of carboxylic acid groups (broad SMARTS) is 1. The number of alkyl halides is 1. The monoisotopic (exact) mass is 260 g/mol. The lowest BCUT2D eigenvalue weighted by Crippen LogP contribution is -2.45. The van der Waals surface area contributed by atoms with Crippen LogP contribution >= 0.6 is 0 Å². The molecule has 0 amide bonds. The molecule has 0 spiro atoms. The van der Waals surface area contributed by atoms with Crippen LogP contribution in [0.25, 0.3) is 0 Å². The lowest BCUT2D eigenvalue weighted by Gasteiger charge is -2.35. The molecule has 1 heterocycles. The first-order chi connectivity index (χ1) is 8.40. The van der Waals surface area contributed by atoms with Gasteiger partial charge in [-0.25, -0.2) is 4.39 Å². The molecular weight excluding hydrogens is 235 g/mol. The third-order valence-electron chi connectivity index (χ3n) is 3.85. The second-order valence-electron chi connectivity index (χ2n) is 5.54. The average molecular weight is 260 g/mol. The van der Waals surface area contributed by atoms with E-state index in [1.54, 1.807) is 0 Å². The topological polar surface area (TPSA) is 43.8 Å². The molecule has 106 valence electrons. The molecule has 0 radical (unpaired) electrons. The van der Waals surface area contributed by atoms with Crippen molar-refractivity contribution in [3.8, 4) is 0 Å². The van der Waals surface area contributed by atoms with Crippen LogP contribution in [0.2, 0.25) is 0 Å². The first kappa shape index (κ1) is 15.4. The first-order valence-electron chi connectivity index (χ1n) is 6.68. The Morgan fingerprint density at radius 2 is 2.22 bits per heavy atom. The van der Waals surface area contributed by atoms with Crippen molar-refractivity contribution in [2.45, 2.75) is 38.9 Å². The van der Waals surface area contributed by atoms with Gasteiger partial charge < -0.3 is 10.0 Å². The molecule has 1 saturated heterocycles. The van der Waals surface area contributed by atoms with Gasteiger partial charge in [0.2, 0.25) is 0 Å². The molecule has 0 aromatic rings. The summed E-state index contributed by atoms with van der Waals surface area (Å²) in [6, 6.07) is 0.496. The highest BCUT2D eigenvalue weighted by atomic mass is 19.1. The second kappa shape index (κ2) is 7.04. The number of halogens is 1. The number of carbonyl (C=O) groups is 1. The first-order valence-corrected chi connectivity index (χ1v) is 6.68. The summed E-state index contributed by atoms with van der Waals surface area (Å²) in [5, 5.41) is 8.70. The standard InChI is InChI=1S/C13H25FN2O2/c1-10(2)15(3)6-7-16-5-4-11(8-13(17)18)12(14)9-16/h10-12H,4-9H2,1-3H3,(H,17,18). The molecule has 2 unspecified atom stereocenters. The summed E-state index contributed by atoms with van der Waals surface area (Å²) in [6.45, 7) is 7.24. The van der Waals surface area contributed by atoms with Crippen LogP contribution in [-0.4, -0.2) is 66.3 Å². The highest BCUT2D eigenvalue weighted by Gasteiger charge is 2.30. The van der Waals surface area contributed by atoms with Crippen molar-refractivity contribution in [3.63, 3.8) is 0 Å². The smallest absolute Gasteiger partial charge is 0.303 e. The Bertz CT molecular complexity index is 274. The molecule has 5 heteroatoms. The van der Waals surface area contributed by atoms with E-state index in [0.29, 0.717) is 19.0 Å². The van der Waals surface area contributed by atoms with Crippen LogP contribution in [0.3, 0.4) is 0 Å². The molecule has 4 nitrogen and oxygen atoms in total. The fourth-order valence-corrected chi connectivity index (χ4v) is 2.23. The molecule has 1 fully saturated rings. The van der Waals surface area contributed by atoms with Crippen molar-refractivity contribution in [1.29, 1.82) is 0 Å². The molecule has 0 aliphatic carbocycles. The number of hydrogen-bond donors (Lipinski definition) is 1. The number of hydrogen-bond acceptors (Lipinski definition) is 3. The predicted molar refractivity (Wildman–Crippen MR) is 69.5 cm³/mol. The molecule has 0 saturated carbocycles. The van der Waals surface area contributed by atoms with Crippen molar-refractivity contribution in [3.05, 3.63) is 0 Å². The third-order valence-corrected chi connectivity index (χ3v) is 3.85. The number of nitrogens with zero attached hydrogens (tertiary/aromatic N) is 2. The van der Waals surface area contributed by atoms with E-state index in [1.807, 2.05) is 0 Å². The van der Waals surface area contributed by atoms with E-state index < -0.39 is 12.1 Å². The van der Waals surface area contributed by atoms with Crippen molar-refractivity contribution < 1.29 is 14.3 Å². The summed E-state index contributed by atoms with van der Waals surface area (Å²) in [7, 11) is 2.06. The highest BCUT2D eigenvalue weighted by molar-refractivity contribution is 5.67. The van der Waals surface area contributed by atoms with Crippen molar-refractivity contribution >= 4 is 5.97 Å². The van der Waals surface area contributed by atoms with Gasteiger partial charge in [0.1, 0.15) is 6.17 Å². The van der Waals surface area contributed by atoms with E-state index in [1.165, 1.54) is 0 Å². The van der Waals surface area contributed by atoms with Gasteiger partial charge in [0.25, 0.3) is 0 Å². The number of likely N-dealkylation sites (tertiary alicyclic amines) is 1. The van der Waals surface area contributed by atoms with Gasteiger partial charge in [-0.15, -0.1) is 0 Å². The Balaban J connectivity index is 2.30. The van der Waals surface area contributed by atoms with Crippen LogP contribution < -0.4 is 0 Å². The van der Waals surface area contributed by atoms with Gasteiger partial charge in [-0.1, -0.05) is 0 Å². The molecule has 1 rings (SSSR count). The van der Waals surface area contributed by atoms with Crippen LogP contribution in [0, 0.1) is 5.92 Å². The van der Waals surface area contributed by atoms with Gasteiger partial charge >= 0.3 is 5.97 Å². The van der Waals surface area contributed by atoms with Crippen molar-refractivity contribution in [1.82, 2.24) is 9.80 Å². The zero-order chi connectivity index (χ0) is 13.7. The zero-order valence-corrected chi connectivity index (χ0v) is 11.6. The minimum absolute atomic E-state index is 0.0408. The summed E-state index contributed by atoms with van der Waals surface area (Å²) in [6.07, 6.45) is -0.390. The van der Waals surface area contributed by atoms with Crippen LogP contribution in [-0.2, 0) is 4.79 Å². The summed E-state index contributed by atoms with van der Waals surface area (Å²) >= 11 is 0. The summed E-state index contributed by atoms with van der Waals surface area (Å²) < 4.78 is 13.8. The van der Waals surface area contributed by atoms with E-state index in [0.717, 1.165) is 19.6 Å². The van der Waals surface area contributed by atoms with E-state index in [4.69, 9.17) is 5.11 Å². The highest BCUT2D eigenvalue weighted by Crippen LogP contribution is 2.23. The average Bonchev–Trinajstić information content (AvgIpc) is 2.28. The Morgan fingerprint density at radius 3 is 2.72 bits per heavy atom. The molecule has 0 aromatic heterocycles. The molecule has 2 atom stereocenters. The fraction of sp³-hybridized carbons (Fsp3) is 0.923. The van der Waals surface area contributed by atoms with Crippen LogP contribution in [0.5, 0.6) is 0 Å². The van der Waals surface area contributed by atoms with E-state index in [2.05, 4.69) is 30.7 Å². The number of aliphatic carboxylic acids is 1. The predicted octanol–water partition coefficient (Wildman–Crippen LogP) is 1.46. The van der Waals surface area contributed by atoms with Crippen molar-refractivity contribution in [2.75, 3.05) is 33.2 Å². The maximum absolute atomic E-state index is 13.8. The van der Waals surface area contributed by atoms with E-state index >= 15 is 0 Å². The molecule has 0 bridgehead atoms. The van der Waals surface area contributed by atoms with Gasteiger partial charge in [-0.2, -0.15) is 0 Å². The minimum atomic E-state index is -1.00. The number of rotatable bonds is 6. The minimum Gasteiger partial charge on any atom is -0.481 e. The Labute approximate surface area is 109 Å². The molecule has 1 aliphatic rings. The summed E-state index contributed by atoms with van der Waals surface area (Å²) in [4.78, 5) is 14.9. The SMILES string of the molecule is CC(C)N(C)CCN1CCC(CC(=O)O)C(F)C1. The maximum Gasteiger partial charge on any atom is 0.303 e. The number of likely N-dealkylation sites (N-methyl/N-ethyl adjacent to an activating group) is 1. The van der Waals surface area contributed by atoms with Gasteiger partial charge in [0.15, 0.2) is 0 Å². The van der Waals surface area contributed by atoms with Gasteiger partial charge in [-0.05, 0) is 33.9 Å². The molecule has 18 heavy (non-hydrogen) atoms. The number of piperidine rings is 1. The van der Waals surface area contributed by atoms with Crippen LogP contribution in [0.15, 0.2) is 0 Å². The largest absolute Gasteiger partial charge is 0.481 e. The Morgan fingerprint density at radius 1 is 1.56 bits per heavy atom. The van der Waals surface area contributed by atoms with Crippen molar-refractivity contribution in [2.24, 2.45) is 5.92 Å². The Kier molecular flexibility index (Phi) is 6.02. The zero-order valence-electron chi connectivity index (χ0n) is 11.6. The normalized spacial score (nSPS) is 25.9. The molecule has 1 aliphatic heterocycles. The Hall–Kier alpha value is -0.680. The molecule has 0 aromatic carbocycles. The maximum atomic E-state index is 13.8. The second-order valence-corrected chi connectivity index (χ2v) is 5.54. The lowest BCUT2D eigenvalue weighted by molar-refractivity contribution is -0.139. The van der Waals surface area contributed by atoms with Crippen LogP contribution in [0.1, 0.15) is 26.7 Å². The quantitative estimate of drug-likeness (QED) is 0.785.